The van der Waals surface area contributed by atoms with E-state index in [4.69, 9.17) is 0 Å². The van der Waals surface area contributed by atoms with E-state index in [0.29, 0.717) is 12.2 Å². The minimum absolute atomic E-state index is 0.204. The van der Waals surface area contributed by atoms with Crippen LogP contribution in [0, 0.1) is 0 Å². The van der Waals surface area contributed by atoms with E-state index in [1.807, 2.05) is 18.2 Å². The molecule has 1 aromatic heterocycles. The maximum absolute atomic E-state index is 11.0. The molecule has 106 valence electrons. The SMILES string of the molecule is COC(=O)CCSc1nnc(NCc2ccccc2)s1. The number of nitrogens with one attached hydrogen (secondary N) is 1. The van der Waals surface area contributed by atoms with Gasteiger partial charge >= 0.3 is 5.97 Å². The van der Waals surface area contributed by atoms with Crippen molar-refractivity contribution in [2.24, 2.45) is 0 Å². The molecule has 0 bridgehead atoms. The first kappa shape index (κ1) is 14.8. The highest BCUT2D eigenvalue weighted by molar-refractivity contribution is 8.01. The van der Waals surface area contributed by atoms with Gasteiger partial charge in [-0.1, -0.05) is 53.4 Å². The number of esters is 1. The summed E-state index contributed by atoms with van der Waals surface area (Å²) in [5.41, 5.74) is 1.20. The highest BCUT2D eigenvalue weighted by atomic mass is 32.2. The minimum Gasteiger partial charge on any atom is -0.469 e. The number of methoxy groups -OCH3 is 1. The van der Waals surface area contributed by atoms with Crippen LogP contribution in [0.3, 0.4) is 0 Å². The van der Waals surface area contributed by atoms with Crippen LogP contribution in [0.15, 0.2) is 34.7 Å². The summed E-state index contributed by atoms with van der Waals surface area (Å²) in [5, 5.41) is 12.2. The molecule has 0 aliphatic carbocycles. The van der Waals surface area contributed by atoms with Crippen molar-refractivity contribution in [3.8, 4) is 0 Å². The third-order valence-electron chi connectivity index (χ3n) is 2.45. The Labute approximate surface area is 125 Å². The summed E-state index contributed by atoms with van der Waals surface area (Å²) >= 11 is 3.00. The Kier molecular flexibility index (Phi) is 5.82. The molecule has 0 saturated carbocycles. The molecule has 5 nitrogen and oxygen atoms in total. The van der Waals surface area contributed by atoms with Gasteiger partial charge in [0.25, 0.3) is 0 Å². The molecule has 2 rings (SSSR count). The van der Waals surface area contributed by atoms with Gasteiger partial charge < -0.3 is 10.1 Å². The zero-order chi connectivity index (χ0) is 14.2. The Morgan fingerprint density at radius 1 is 1.35 bits per heavy atom. The summed E-state index contributed by atoms with van der Waals surface area (Å²) < 4.78 is 5.44. The lowest BCUT2D eigenvalue weighted by molar-refractivity contribution is -0.140. The molecule has 0 unspecified atom stereocenters. The molecule has 0 spiro atoms. The average molecular weight is 309 g/mol. The smallest absolute Gasteiger partial charge is 0.306 e. The standard InChI is InChI=1S/C13H15N3O2S2/c1-18-11(17)7-8-19-13-16-15-12(20-13)14-9-10-5-3-2-4-6-10/h2-6H,7-9H2,1H3,(H,14,15). The number of anilines is 1. The molecular weight excluding hydrogens is 294 g/mol. The Bertz CT molecular complexity index is 546. The summed E-state index contributed by atoms with van der Waals surface area (Å²) in [4.78, 5) is 11.0. The number of carbonyl (C=O) groups excluding carboxylic acids is 1. The van der Waals surface area contributed by atoms with Crippen molar-refractivity contribution in [3.05, 3.63) is 35.9 Å². The first-order valence-electron chi connectivity index (χ1n) is 6.09. The van der Waals surface area contributed by atoms with E-state index in [-0.39, 0.29) is 5.97 Å². The third kappa shape index (κ3) is 4.82. The fourth-order valence-electron chi connectivity index (χ4n) is 1.44. The van der Waals surface area contributed by atoms with E-state index < -0.39 is 0 Å². The van der Waals surface area contributed by atoms with Gasteiger partial charge in [-0.05, 0) is 5.56 Å². The van der Waals surface area contributed by atoms with Crippen LogP contribution in [-0.2, 0) is 16.1 Å². The van der Waals surface area contributed by atoms with Crippen LogP contribution in [0.1, 0.15) is 12.0 Å². The molecule has 0 atom stereocenters. The largest absolute Gasteiger partial charge is 0.469 e. The Morgan fingerprint density at radius 3 is 2.90 bits per heavy atom. The first-order chi connectivity index (χ1) is 9.78. The highest BCUT2D eigenvalue weighted by Crippen LogP contribution is 2.26. The van der Waals surface area contributed by atoms with Gasteiger partial charge in [0.2, 0.25) is 5.13 Å². The quantitative estimate of drug-likeness (QED) is 0.627. The second-order valence-corrected chi connectivity index (χ2v) is 6.21. The van der Waals surface area contributed by atoms with Crippen molar-refractivity contribution in [2.75, 3.05) is 18.2 Å². The van der Waals surface area contributed by atoms with E-state index in [9.17, 15) is 4.79 Å². The van der Waals surface area contributed by atoms with Gasteiger partial charge in [0.15, 0.2) is 4.34 Å². The number of hydrogen-bond acceptors (Lipinski definition) is 7. The Balaban J connectivity index is 1.76. The predicted octanol–water partition coefficient (Wildman–Crippen LogP) is 2.81. The number of carbonyl (C=O) groups is 1. The zero-order valence-corrected chi connectivity index (χ0v) is 12.7. The summed E-state index contributed by atoms with van der Waals surface area (Å²) in [6, 6.07) is 10.1. The third-order valence-corrected chi connectivity index (χ3v) is 4.47. The molecule has 1 heterocycles. The summed E-state index contributed by atoms with van der Waals surface area (Å²) in [6.45, 7) is 0.725. The van der Waals surface area contributed by atoms with Crippen molar-refractivity contribution in [1.82, 2.24) is 10.2 Å². The second-order valence-electron chi connectivity index (χ2n) is 3.89. The topological polar surface area (TPSA) is 64.1 Å². The summed E-state index contributed by atoms with van der Waals surface area (Å²) in [6.07, 6.45) is 0.382. The van der Waals surface area contributed by atoms with Gasteiger partial charge in [-0.3, -0.25) is 4.79 Å². The second kappa shape index (κ2) is 7.86. The number of ether oxygens (including phenoxy) is 1. The van der Waals surface area contributed by atoms with Crippen molar-refractivity contribution >= 4 is 34.2 Å². The predicted molar refractivity (Wildman–Crippen MR) is 81.0 cm³/mol. The molecule has 0 amide bonds. The summed E-state index contributed by atoms with van der Waals surface area (Å²) in [5.74, 6) is 0.449. The van der Waals surface area contributed by atoms with Crippen molar-refractivity contribution in [3.63, 3.8) is 0 Å². The van der Waals surface area contributed by atoms with Crippen molar-refractivity contribution in [2.45, 2.75) is 17.3 Å². The van der Waals surface area contributed by atoms with Crippen LogP contribution in [-0.4, -0.2) is 29.0 Å². The van der Waals surface area contributed by atoms with E-state index in [1.165, 1.54) is 35.8 Å². The Morgan fingerprint density at radius 2 is 2.15 bits per heavy atom. The van der Waals surface area contributed by atoms with E-state index in [2.05, 4.69) is 32.4 Å². The van der Waals surface area contributed by atoms with E-state index in [1.54, 1.807) is 0 Å². The van der Waals surface area contributed by atoms with Crippen molar-refractivity contribution < 1.29 is 9.53 Å². The lowest BCUT2D eigenvalue weighted by Crippen LogP contribution is -2.00. The zero-order valence-electron chi connectivity index (χ0n) is 11.0. The van der Waals surface area contributed by atoms with Crippen molar-refractivity contribution in [1.29, 1.82) is 0 Å². The maximum atomic E-state index is 11.0. The molecule has 0 aliphatic rings. The molecular formula is C13H15N3O2S2. The van der Waals surface area contributed by atoms with Gasteiger partial charge in [-0.25, -0.2) is 0 Å². The van der Waals surface area contributed by atoms with Crippen LogP contribution in [0.25, 0.3) is 0 Å². The van der Waals surface area contributed by atoms with Crippen LogP contribution in [0.4, 0.5) is 5.13 Å². The van der Waals surface area contributed by atoms with Crippen LogP contribution in [0.5, 0.6) is 0 Å². The molecule has 20 heavy (non-hydrogen) atoms. The number of nitrogens with zero attached hydrogens (tertiary/aromatic N) is 2. The van der Waals surface area contributed by atoms with Gasteiger partial charge in [-0.2, -0.15) is 0 Å². The average Bonchev–Trinajstić information content (AvgIpc) is 2.94. The van der Waals surface area contributed by atoms with Gasteiger partial charge in [0.05, 0.1) is 13.5 Å². The summed E-state index contributed by atoms with van der Waals surface area (Å²) in [7, 11) is 1.39. The lowest BCUT2D eigenvalue weighted by atomic mass is 10.2. The molecule has 1 aromatic carbocycles. The number of rotatable bonds is 7. The number of aromatic nitrogens is 2. The van der Waals surface area contributed by atoms with Crippen LogP contribution < -0.4 is 5.32 Å². The number of thioether (sulfide) groups is 1. The van der Waals surface area contributed by atoms with Crippen LogP contribution in [0.2, 0.25) is 0 Å². The monoisotopic (exact) mass is 309 g/mol. The normalized spacial score (nSPS) is 10.2. The molecule has 0 radical (unpaired) electrons. The fraction of sp³-hybridized carbons (Fsp3) is 0.308. The first-order valence-corrected chi connectivity index (χ1v) is 7.89. The Hall–Kier alpha value is -1.60. The van der Waals surface area contributed by atoms with Gasteiger partial charge in [-0.15, -0.1) is 10.2 Å². The van der Waals surface area contributed by atoms with Gasteiger partial charge in [0.1, 0.15) is 0 Å². The lowest BCUT2D eigenvalue weighted by Gasteiger charge is -2.00. The molecule has 0 fully saturated rings. The van der Waals surface area contributed by atoms with Gasteiger partial charge in [0, 0.05) is 12.3 Å². The molecule has 7 heteroatoms. The number of benzene rings is 1. The maximum Gasteiger partial charge on any atom is 0.306 e. The van der Waals surface area contributed by atoms with Crippen LogP contribution >= 0.6 is 23.1 Å². The number of hydrogen-bond donors (Lipinski definition) is 1. The van der Waals surface area contributed by atoms with E-state index in [0.717, 1.165) is 16.0 Å². The molecule has 0 saturated heterocycles. The van der Waals surface area contributed by atoms with E-state index >= 15 is 0 Å². The molecule has 1 N–H and O–H groups in total. The minimum atomic E-state index is -0.204. The molecule has 0 aliphatic heterocycles. The highest BCUT2D eigenvalue weighted by Gasteiger charge is 2.06. The fourth-order valence-corrected chi connectivity index (χ4v) is 3.17. The molecule has 2 aromatic rings.